The highest BCUT2D eigenvalue weighted by molar-refractivity contribution is 5.94. The normalized spacial score (nSPS) is 21.1. The number of carbonyl (C=O) groups is 2. The number of hydrogen-bond donors (Lipinski definition) is 1. The fourth-order valence-electron chi connectivity index (χ4n) is 1.65. The lowest BCUT2D eigenvalue weighted by Gasteiger charge is -2.29. The summed E-state index contributed by atoms with van der Waals surface area (Å²) in [7, 11) is 0. The number of hydrogen-bond acceptors (Lipinski definition) is 4. The van der Waals surface area contributed by atoms with Crippen molar-refractivity contribution >= 4 is 11.8 Å². The maximum atomic E-state index is 11.7. The molecule has 1 unspecified atom stereocenters. The molecular formula is C10H13N3O3. The lowest BCUT2D eigenvalue weighted by atomic mass is 10.2. The van der Waals surface area contributed by atoms with Crippen LogP contribution in [0.15, 0.2) is 10.6 Å². The van der Waals surface area contributed by atoms with Gasteiger partial charge in [-0.1, -0.05) is 0 Å². The minimum absolute atomic E-state index is 0.0601. The largest absolute Gasteiger partial charge is 0.444 e. The average molecular weight is 223 g/mol. The number of oxazole rings is 1. The first-order valence-electron chi connectivity index (χ1n) is 5.05. The number of aromatic nitrogens is 1. The van der Waals surface area contributed by atoms with Crippen LogP contribution in [0.4, 0.5) is 0 Å². The second-order valence-electron chi connectivity index (χ2n) is 3.85. The van der Waals surface area contributed by atoms with Gasteiger partial charge in [-0.25, -0.2) is 4.98 Å². The van der Waals surface area contributed by atoms with E-state index in [4.69, 9.17) is 4.42 Å². The van der Waals surface area contributed by atoms with Crippen molar-refractivity contribution in [3.05, 3.63) is 17.8 Å². The molecule has 0 spiro atoms. The molecule has 0 saturated carbocycles. The minimum atomic E-state index is -0.475. The molecule has 1 atom stereocenters. The predicted molar refractivity (Wildman–Crippen MR) is 54.3 cm³/mol. The Balaban J connectivity index is 2.08. The average Bonchev–Trinajstić information content (AvgIpc) is 2.60. The van der Waals surface area contributed by atoms with Crippen LogP contribution in [-0.2, 0) is 16.1 Å². The van der Waals surface area contributed by atoms with Crippen LogP contribution in [0.25, 0.3) is 0 Å². The molecule has 1 N–H and O–H groups in total. The number of rotatable bonds is 2. The zero-order valence-electron chi connectivity index (χ0n) is 9.19. The molecule has 1 aromatic heterocycles. The highest BCUT2D eigenvalue weighted by atomic mass is 16.4. The van der Waals surface area contributed by atoms with Crippen LogP contribution in [0.5, 0.6) is 0 Å². The van der Waals surface area contributed by atoms with Crippen molar-refractivity contribution < 1.29 is 14.0 Å². The number of carbonyl (C=O) groups excluding carboxylic acids is 2. The van der Waals surface area contributed by atoms with E-state index in [1.54, 1.807) is 20.0 Å². The van der Waals surface area contributed by atoms with E-state index in [1.165, 1.54) is 4.90 Å². The van der Waals surface area contributed by atoms with Crippen LogP contribution in [-0.4, -0.2) is 34.3 Å². The molecule has 0 radical (unpaired) electrons. The van der Waals surface area contributed by atoms with Gasteiger partial charge in [-0.3, -0.25) is 9.59 Å². The first-order valence-corrected chi connectivity index (χ1v) is 5.05. The van der Waals surface area contributed by atoms with E-state index >= 15 is 0 Å². The third kappa shape index (κ3) is 2.05. The fourth-order valence-corrected chi connectivity index (χ4v) is 1.65. The third-order valence-corrected chi connectivity index (χ3v) is 2.39. The quantitative estimate of drug-likeness (QED) is 0.755. The van der Waals surface area contributed by atoms with Gasteiger partial charge in [-0.2, -0.15) is 0 Å². The minimum Gasteiger partial charge on any atom is -0.444 e. The molecule has 1 aliphatic rings. The van der Waals surface area contributed by atoms with Crippen LogP contribution >= 0.6 is 0 Å². The molecule has 2 amide bonds. The van der Waals surface area contributed by atoms with Crippen molar-refractivity contribution in [2.75, 3.05) is 6.54 Å². The molecule has 1 aliphatic heterocycles. The van der Waals surface area contributed by atoms with Crippen LogP contribution < -0.4 is 5.32 Å². The Labute approximate surface area is 92.6 Å². The SMILES string of the molecule is Cc1cnc(CN2CC(=O)NC(C)C2=O)o1. The summed E-state index contributed by atoms with van der Waals surface area (Å²) in [6, 6.07) is -0.475. The van der Waals surface area contributed by atoms with E-state index in [-0.39, 0.29) is 24.9 Å². The second kappa shape index (κ2) is 3.96. The van der Waals surface area contributed by atoms with E-state index in [0.29, 0.717) is 11.7 Å². The van der Waals surface area contributed by atoms with Gasteiger partial charge in [-0.15, -0.1) is 0 Å². The molecule has 1 saturated heterocycles. The summed E-state index contributed by atoms with van der Waals surface area (Å²) in [4.78, 5) is 28.4. The molecule has 6 heteroatoms. The Hall–Kier alpha value is -1.85. The number of amides is 2. The Morgan fingerprint density at radius 1 is 1.62 bits per heavy atom. The number of piperazine rings is 1. The standard InChI is InChI=1S/C10H13N3O3/c1-6-3-11-9(16-6)5-13-4-8(14)12-7(2)10(13)15/h3,7H,4-5H2,1-2H3,(H,12,14). The van der Waals surface area contributed by atoms with Gasteiger partial charge < -0.3 is 14.6 Å². The third-order valence-electron chi connectivity index (χ3n) is 2.39. The van der Waals surface area contributed by atoms with Gasteiger partial charge in [0.1, 0.15) is 18.3 Å². The smallest absolute Gasteiger partial charge is 0.245 e. The van der Waals surface area contributed by atoms with Crippen molar-refractivity contribution in [2.24, 2.45) is 0 Å². The Kier molecular flexibility index (Phi) is 2.64. The molecule has 1 fully saturated rings. The zero-order chi connectivity index (χ0) is 11.7. The molecule has 0 aromatic carbocycles. The molecule has 2 rings (SSSR count). The van der Waals surface area contributed by atoms with Crippen LogP contribution in [0, 0.1) is 6.92 Å². The van der Waals surface area contributed by atoms with Crippen molar-refractivity contribution in [1.29, 1.82) is 0 Å². The van der Waals surface area contributed by atoms with Crippen molar-refractivity contribution in [1.82, 2.24) is 15.2 Å². The van der Waals surface area contributed by atoms with Gasteiger partial charge >= 0.3 is 0 Å². The highest BCUT2D eigenvalue weighted by Gasteiger charge is 2.30. The summed E-state index contributed by atoms with van der Waals surface area (Å²) in [5.41, 5.74) is 0. The number of nitrogens with zero attached hydrogens (tertiary/aromatic N) is 2. The van der Waals surface area contributed by atoms with Crippen LogP contribution in [0.3, 0.4) is 0 Å². The van der Waals surface area contributed by atoms with Crippen molar-refractivity contribution in [3.63, 3.8) is 0 Å². The number of nitrogens with one attached hydrogen (secondary N) is 1. The van der Waals surface area contributed by atoms with Crippen LogP contribution in [0.2, 0.25) is 0 Å². The van der Waals surface area contributed by atoms with Crippen molar-refractivity contribution in [2.45, 2.75) is 26.4 Å². The van der Waals surface area contributed by atoms with Gasteiger partial charge in [0.2, 0.25) is 17.7 Å². The molecule has 0 aliphatic carbocycles. The zero-order valence-corrected chi connectivity index (χ0v) is 9.19. The summed E-state index contributed by atoms with van der Waals surface area (Å²) >= 11 is 0. The van der Waals surface area contributed by atoms with E-state index < -0.39 is 6.04 Å². The Bertz CT molecular complexity index is 427. The molecular weight excluding hydrogens is 210 g/mol. The van der Waals surface area contributed by atoms with Crippen molar-refractivity contribution in [3.8, 4) is 0 Å². The second-order valence-corrected chi connectivity index (χ2v) is 3.85. The summed E-state index contributed by atoms with van der Waals surface area (Å²) < 4.78 is 5.27. The van der Waals surface area contributed by atoms with Gasteiger partial charge in [0.15, 0.2) is 0 Å². The Morgan fingerprint density at radius 2 is 2.38 bits per heavy atom. The maximum Gasteiger partial charge on any atom is 0.245 e. The molecule has 1 aromatic rings. The van der Waals surface area contributed by atoms with E-state index in [0.717, 1.165) is 0 Å². The van der Waals surface area contributed by atoms with E-state index in [9.17, 15) is 9.59 Å². The predicted octanol–water partition coefficient (Wildman–Crippen LogP) is -0.170. The molecule has 16 heavy (non-hydrogen) atoms. The summed E-state index contributed by atoms with van der Waals surface area (Å²) in [6.07, 6.45) is 1.59. The fraction of sp³-hybridized carbons (Fsp3) is 0.500. The first kappa shape index (κ1) is 10.7. The molecule has 86 valence electrons. The van der Waals surface area contributed by atoms with E-state index in [1.807, 2.05) is 0 Å². The molecule has 2 heterocycles. The summed E-state index contributed by atoms with van der Waals surface area (Å²) in [5.74, 6) is 0.871. The van der Waals surface area contributed by atoms with Crippen LogP contribution in [0.1, 0.15) is 18.6 Å². The summed E-state index contributed by atoms with van der Waals surface area (Å²) in [5, 5.41) is 2.57. The summed E-state index contributed by atoms with van der Waals surface area (Å²) in [6.45, 7) is 3.74. The lowest BCUT2D eigenvalue weighted by molar-refractivity contribution is -0.144. The van der Waals surface area contributed by atoms with Gasteiger partial charge in [0, 0.05) is 0 Å². The monoisotopic (exact) mass is 223 g/mol. The highest BCUT2D eigenvalue weighted by Crippen LogP contribution is 2.09. The van der Waals surface area contributed by atoms with Gasteiger partial charge in [0.05, 0.1) is 12.7 Å². The van der Waals surface area contributed by atoms with E-state index in [2.05, 4.69) is 10.3 Å². The number of aryl methyl sites for hydroxylation is 1. The molecule has 0 bridgehead atoms. The Morgan fingerprint density at radius 3 is 3.00 bits per heavy atom. The van der Waals surface area contributed by atoms with Gasteiger partial charge in [-0.05, 0) is 13.8 Å². The topological polar surface area (TPSA) is 75.4 Å². The van der Waals surface area contributed by atoms with Gasteiger partial charge in [0.25, 0.3) is 0 Å². The molecule has 6 nitrogen and oxygen atoms in total. The first-order chi connectivity index (χ1) is 7.56. The lowest BCUT2D eigenvalue weighted by Crippen LogP contribution is -2.56. The maximum absolute atomic E-state index is 11.7.